The number of H-pyrrole nitrogens is 1. The number of nitrogens with one attached hydrogen (secondary N) is 2. The molecule has 0 saturated heterocycles. The number of halogens is 1. The van der Waals surface area contributed by atoms with Crippen LogP contribution in [0.4, 0.5) is 0 Å². The first-order valence-corrected chi connectivity index (χ1v) is 7.23. The summed E-state index contributed by atoms with van der Waals surface area (Å²) in [6.07, 6.45) is 1.44. The van der Waals surface area contributed by atoms with Crippen molar-refractivity contribution in [3.8, 4) is 5.75 Å². The second-order valence-corrected chi connectivity index (χ2v) is 5.11. The molecule has 6 nitrogen and oxygen atoms in total. The van der Waals surface area contributed by atoms with E-state index in [1.807, 2.05) is 24.3 Å². The molecule has 0 aliphatic carbocycles. The van der Waals surface area contributed by atoms with Crippen molar-refractivity contribution in [1.82, 2.24) is 15.4 Å². The van der Waals surface area contributed by atoms with E-state index in [-0.39, 0.29) is 12.5 Å². The van der Waals surface area contributed by atoms with E-state index in [4.69, 9.17) is 16.3 Å². The summed E-state index contributed by atoms with van der Waals surface area (Å²) in [5.41, 5.74) is 4.12. The summed E-state index contributed by atoms with van der Waals surface area (Å²) in [4.78, 5) is 19.0. The molecule has 2 aromatic carbocycles. The van der Waals surface area contributed by atoms with Gasteiger partial charge in [-0.25, -0.2) is 10.4 Å². The monoisotopic (exact) mass is 328 g/mol. The maximum atomic E-state index is 11.6. The van der Waals surface area contributed by atoms with Gasteiger partial charge in [-0.3, -0.25) is 4.79 Å². The number of aromatic nitrogens is 2. The Morgan fingerprint density at radius 2 is 2.04 bits per heavy atom. The van der Waals surface area contributed by atoms with E-state index in [2.05, 4.69) is 20.5 Å². The van der Waals surface area contributed by atoms with Crippen LogP contribution in [0.5, 0.6) is 5.75 Å². The number of ether oxygens (including phenoxy) is 1. The number of aromatic amines is 1. The average Bonchev–Trinajstić information content (AvgIpc) is 2.97. The van der Waals surface area contributed by atoms with E-state index in [1.165, 1.54) is 6.21 Å². The highest BCUT2D eigenvalue weighted by Gasteiger charge is 2.02. The number of fused-ring (bicyclic) bond motifs is 1. The summed E-state index contributed by atoms with van der Waals surface area (Å²) in [5.74, 6) is 0.753. The SMILES string of the molecule is O=C(COc1ccc(Cl)cc1)NN=Cc1nc2ccccc2[nH]1. The van der Waals surface area contributed by atoms with Crippen molar-refractivity contribution >= 4 is 34.8 Å². The maximum absolute atomic E-state index is 11.6. The summed E-state index contributed by atoms with van der Waals surface area (Å²) >= 11 is 5.77. The molecule has 3 aromatic rings. The number of hydrogen-bond acceptors (Lipinski definition) is 4. The van der Waals surface area contributed by atoms with Gasteiger partial charge in [-0.05, 0) is 36.4 Å². The summed E-state index contributed by atoms with van der Waals surface area (Å²) in [6, 6.07) is 14.4. The molecule has 1 heterocycles. The van der Waals surface area contributed by atoms with E-state index in [9.17, 15) is 4.79 Å². The zero-order valence-corrected chi connectivity index (χ0v) is 12.7. The molecule has 1 aromatic heterocycles. The lowest BCUT2D eigenvalue weighted by atomic mass is 10.3. The fourth-order valence-electron chi connectivity index (χ4n) is 1.91. The molecule has 23 heavy (non-hydrogen) atoms. The van der Waals surface area contributed by atoms with Gasteiger partial charge >= 0.3 is 0 Å². The minimum absolute atomic E-state index is 0.140. The molecule has 0 spiro atoms. The third kappa shape index (κ3) is 4.08. The molecule has 2 N–H and O–H groups in total. The number of para-hydroxylation sites is 2. The molecule has 0 aliphatic heterocycles. The highest BCUT2D eigenvalue weighted by molar-refractivity contribution is 6.30. The van der Waals surface area contributed by atoms with E-state index in [0.717, 1.165) is 11.0 Å². The van der Waals surface area contributed by atoms with Crippen molar-refractivity contribution < 1.29 is 9.53 Å². The van der Waals surface area contributed by atoms with Crippen molar-refractivity contribution in [3.05, 3.63) is 59.4 Å². The number of imidazole rings is 1. The Bertz CT molecular complexity index is 810. The van der Waals surface area contributed by atoms with E-state index in [0.29, 0.717) is 16.6 Å². The molecule has 0 unspecified atom stereocenters. The number of carbonyl (C=O) groups is 1. The first kappa shape index (κ1) is 15.1. The number of amides is 1. The van der Waals surface area contributed by atoms with Crippen LogP contribution in [0.2, 0.25) is 5.02 Å². The largest absolute Gasteiger partial charge is 0.484 e. The Kier molecular flexibility index (Phi) is 4.54. The molecule has 0 radical (unpaired) electrons. The standard InChI is InChI=1S/C16H13ClN4O2/c17-11-5-7-12(8-6-11)23-10-16(22)21-18-9-15-19-13-3-1-2-4-14(13)20-15/h1-9H,10H2,(H,19,20)(H,21,22). The average molecular weight is 329 g/mol. The third-order valence-corrected chi connectivity index (χ3v) is 3.22. The molecule has 0 fully saturated rings. The molecule has 1 amide bonds. The molecule has 3 rings (SSSR count). The van der Waals surface area contributed by atoms with Crippen LogP contribution in [0.1, 0.15) is 5.82 Å². The number of carbonyl (C=O) groups excluding carboxylic acids is 1. The number of benzene rings is 2. The number of hydrazone groups is 1. The van der Waals surface area contributed by atoms with Gasteiger partial charge in [-0.1, -0.05) is 23.7 Å². The van der Waals surface area contributed by atoms with Crippen molar-refractivity contribution in [3.63, 3.8) is 0 Å². The Morgan fingerprint density at radius 3 is 2.83 bits per heavy atom. The molecule has 116 valence electrons. The Balaban J connectivity index is 1.51. The molecular weight excluding hydrogens is 316 g/mol. The molecule has 0 saturated carbocycles. The normalized spacial score (nSPS) is 11.0. The third-order valence-electron chi connectivity index (χ3n) is 2.97. The van der Waals surface area contributed by atoms with Gasteiger partial charge in [-0.15, -0.1) is 0 Å². The Labute approximate surface area is 137 Å². The van der Waals surface area contributed by atoms with Gasteiger partial charge in [-0.2, -0.15) is 5.10 Å². The van der Waals surface area contributed by atoms with Gasteiger partial charge < -0.3 is 9.72 Å². The number of nitrogens with zero attached hydrogens (tertiary/aromatic N) is 2. The first-order chi connectivity index (χ1) is 11.2. The second-order valence-electron chi connectivity index (χ2n) is 4.67. The van der Waals surface area contributed by atoms with E-state index in [1.54, 1.807) is 24.3 Å². The fraction of sp³-hybridized carbons (Fsp3) is 0.0625. The van der Waals surface area contributed by atoms with Crippen LogP contribution >= 0.6 is 11.6 Å². The fourth-order valence-corrected chi connectivity index (χ4v) is 2.04. The lowest BCUT2D eigenvalue weighted by molar-refractivity contribution is -0.123. The highest BCUT2D eigenvalue weighted by Crippen LogP contribution is 2.15. The minimum atomic E-state index is -0.368. The van der Waals surface area contributed by atoms with Crippen molar-refractivity contribution in [2.24, 2.45) is 5.10 Å². The van der Waals surface area contributed by atoms with Crippen molar-refractivity contribution in [2.75, 3.05) is 6.61 Å². The summed E-state index contributed by atoms with van der Waals surface area (Å²) in [6.45, 7) is -0.140. The van der Waals surface area contributed by atoms with Crippen LogP contribution < -0.4 is 10.2 Å². The second kappa shape index (κ2) is 6.93. The Hall–Kier alpha value is -2.86. The molecule has 0 aliphatic rings. The van der Waals surface area contributed by atoms with Gasteiger partial charge in [0.15, 0.2) is 12.4 Å². The Morgan fingerprint density at radius 1 is 1.26 bits per heavy atom. The first-order valence-electron chi connectivity index (χ1n) is 6.86. The van der Waals surface area contributed by atoms with Crippen LogP contribution in [-0.2, 0) is 4.79 Å². The van der Waals surface area contributed by atoms with Crippen molar-refractivity contribution in [1.29, 1.82) is 0 Å². The van der Waals surface area contributed by atoms with Crippen LogP contribution in [0.15, 0.2) is 53.6 Å². The predicted molar refractivity (Wildman–Crippen MR) is 88.8 cm³/mol. The van der Waals surface area contributed by atoms with Gasteiger partial charge in [0.2, 0.25) is 0 Å². The summed E-state index contributed by atoms with van der Waals surface area (Å²) < 4.78 is 5.31. The van der Waals surface area contributed by atoms with Gasteiger partial charge in [0.05, 0.1) is 17.2 Å². The zero-order chi connectivity index (χ0) is 16.1. The van der Waals surface area contributed by atoms with Crippen LogP contribution in [0, 0.1) is 0 Å². The lowest BCUT2D eigenvalue weighted by Gasteiger charge is -2.04. The number of hydrogen-bond donors (Lipinski definition) is 2. The van der Waals surface area contributed by atoms with Gasteiger partial charge in [0, 0.05) is 5.02 Å². The van der Waals surface area contributed by atoms with Crippen LogP contribution in [-0.4, -0.2) is 28.7 Å². The topological polar surface area (TPSA) is 79.4 Å². The predicted octanol–water partition coefficient (Wildman–Crippen LogP) is 2.75. The van der Waals surface area contributed by atoms with Crippen molar-refractivity contribution in [2.45, 2.75) is 0 Å². The van der Waals surface area contributed by atoms with Crippen LogP contribution in [0.3, 0.4) is 0 Å². The highest BCUT2D eigenvalue weighted by atomic mass is 35.5. The molecular formula is C16H13ClN4O2. The maximum Gasteiger partial charge on any atom is 0.277 e. The molecule has 0 atom stereocenters. The molecule has 0 bridgehead atoms. The smallest absolute Gasteiger partial charge is 0.277 e. The molecule has 7 heteroatoms. The van der Waals surface area contributed by atoms with E-state index >= 15 is 0 Å². The zero-order valence-electron chi connectivity index (χ0n) is 12.0. The minimum Gasteiger partial charge on any atom is -0.484 e. The van der Waals surface area contributed by atoms with Gasteiger partial charge in [0.25, 0.3) is 5.91 Å². The van der Waals surface area contributed by atoms with Gasteiger partial charge in [0.1, 0.15) is 5.75 Å². The summed E-state index contributed by atoms with van der Waals surface area (Å²) in [7, 11) is 0. The van der Waals surface area contributed by atoms with Crippen LogP contribution in [0.25, 0.3) is 11.0 Å². The van der Waals surface area contributed by atoms with E-state index < -0.39 is 0 Å². The summed E-state index contributed by atoms with van der Waals surface area (Å²) in [5, 5.41) is 4.45. The lowest BCUT2D eigenvalue weighted by Crippen LogP contribution is -2.24. The number of rotatable bonds is 5. The quantitative estimate of drug-likeness (QED) is 0.558.